The summed E-state index contributed by atoms with van der Waals surface area (Å²) in [6.07, 6.45) is 5.05. The number of hydrogen-bond acceptors (Lipinski definition) is 6. The van der Waals surface area contributed by atoms with E-state index in [-0.39, 0.29) is 22.1 Å². The Balaban J connectivity index is 1.89. The second-order valence-corrected chi connectivity index (χ2v) is 7.45. The summed E-state index contributed by atoms with van der Waals surface area (Å²) in [5, 5.41) is 18.6. The van der Waals surface area contributed by atoms with Crippen molar-refractivity contribution in [2.24, 2.45) is 0 Å². The standard InChI is InChI=1S/C18H18O6S/c1-25(22,23)15-7-4-6-14(12-15)24-18(21)8-3-2-5-13-9-10-16(19)17(20)11-13/h3-4,6-12,19-20H,2,5H2,1H3/b8-3+. The van der Waals surface area contributed by atoms with E-state index in [2.05, 4.69) is 0 Å². The number of esters is 1. The molecule has 0 aliphatic heterocycles. The summed E-state index contributed by atoms with van der Waals surface area (Å²) in [5.41, 5.74) is 0.814. The average molecular weight is 362 g/mol. The Morgan fingerprint density at radius 1 is 1.12 bits per heavy atom. The molecule has 2 N–H and O–H groups in total. The lowest BCUT2D eigenvalue weighted by Crippen LogP contribution is -2.05. The van der Waals surface area contributed by atoms with Crippen LogP contribution in [0.3, 0.4) is 0 Å². The predicted octanol–water partition coefficient (Wildman–Crippen LogP) is 2.60. The van der Waals surface area contributed by atoms with Crippen LogP contribution in [0.1, 0.15) is 12.0 Å². The lowest BCUT2D eigenvalue weighted by Gasteiger charge is -2.04. The monoisotopic (exact) mass is 362 g/mol. The first-order chi connectivity index (χ1) is 11.8. The molecule has 132 valence electrons. The van der Waals surface area contributed by atoms with Crippen molar-refractivity contribution in [3.05, 3.63) is 60.2 Å². The molecule has 7 heteroatoms. The Hall–Kier alpha value is -2.80. The van der Waals surface area contributed by atoms with E-state index < -0.39 is 15.8 Å². The van der Waals surface area contributed by atoms with Crippen molar-refractivity contribution < 1.29 is 28.2 Å². The van der Waals surface area contributed by atoms with Crippen molar-refractivity contribution in [1.29, 1.82) is 0 Å². The maximum absolute atomic E-state index is 11.8. The van der Waals surface area contributed by atoms with Crippen LogP contribution in [0.15, 0.2) is 59.5 Å². The van der Waals surface area contributed by atoms with Crippen LogP contribution in [0.4, 0.5) is 0 Å². The Labute approximate surface area is 145 Å². The molecule has 0 atom stereocenters. The summed E-state index contributed by atoms with van der Waals surface area (Å²) >= 11 is 0. The Bertz CT molecular complexity index is 900. The van der Waals surface area contributed by atoms with Crippen molar-refractivity contribution in [3.63, 3.8) is 0 Å². The fraction of sp³-hybridized carbons (Fsp3) is 0.167. The van der Waals surface area contributed by atoms with E-state index in [1.54, 1.807) is 12.1 Å². The zero-order valence-electron chi connectivity index (χ0n) is 13.5. The molecule has 0 spiro atoms. The van der Waals surface area contributed by atoms with Gasteiger partial charge in [0, 0.05) is 12.3 Å². The van der Waals surface area contributed by atoms with E-state index in [1.807, 2.05) is 0 Å². The number of benzene rings is 2. The van der Waals surface area contributed by atoms with E-state index in [4.69, 9.17) is 4.74 Å². The predicted molar refractivity (Wildman–Crippen MR) is 92.4 cm³/mol. The lowest BCUT2D eigenvalue weighted by molar-refractivity contribution is -0.129. The van der Waals surface area contributed by atoms with E-state index in [1.165, 1.54) is 42.5 Å². The van der Waals surface area contributed by atoms with Crippen LogP contribution in [0.5, 0.6) is 17.2 Å². The third-order valence-electron chi connectivity index (χ3n) is 3.35. The number of aryl methyl sites for hydroxylation is 1. The van der Waals surface area contributed by atoms with Gasteiger partial charge in [-0.25, -0.2) is 13.2 Å². The molecule has 0 saturated heterocycles. The molecule has 0 bridgehead atoms. The SMILES string of the molecule is CS(=O)(=O)c1cccc(OC(=O)/C=C/CCc2ccc(O)c(O)c2)c1. The normalized spacial score (nSPS) is 11.6. The quantitative estimate of drug-likeness (QED) is 0.354. The molecule has 2 aromatic carbocycles. The van der Waals surface area contributed by atoms with Crippen LogP contribution >= 0.6 is 0 Å². The minimum atomic E-state index is -3.37. The second-order valence-electron chi connectivity index (χ2n) is 5.43. The van der Waals surface area contributed by atoms with Gasteiger partial charge in [0.2, 0.25) is 0 Å². The maximum atomic E-state index is 11.8. The first kappa shape index (κ1) is 18.5. The molecule has 0 saturated carbocycles. The van der Waals surface area contributed by atoms with E-state index in [9.17, 15) is 23.4 Å². The van der Waals surface area contributed by atoms with Gasteiger partial charge in [0.25, 0.3) is 0 Å². The second kappa shape index (κ2) is 7.85. The molecular weight excluding hydrogens is 344 g/mol. The molecule has 0 aliphatic carbocycles. The number of carbonyl (C=O) groups excluding carboxylic acids is 1. The Morgan fingerprint density at radius 3 is 2.56 bits per heavy atom. The van der Waals surface area contributed by atoms with Crippen molar-refractivity contribution in [1.82, 2.24) is 0 Å². The third-order valence-corrected chi connectivity index (χ3v) is 4.46. The highest BCUT2D eigenvalue weighted by atomic mass is 32.2. The van der Waals surface area contributed by atoms with Crippen molar-refractivity contribution in [2.45, 2.75) is 17.7 Å². The number of phenolic OH excluding ortho intramolecular Hbond substituents is 2. The van der Waals surface area contributed by atoms with Gasteiger partial charge in [-0.05, 0) is 48.7 Å². The molecular formula is C18H18O6S. The summed E-state index contributed by atoms with van der Waals surface area (Å²) < 4.78 is 28.0. The lowest BCUT2D eigenvalue weighted by atomic mass is 10.1. The van der Waals surface area contributed by atoms with Crippen molar-refractivity contribution in [3.8, 4) is 17.2 Å². The molecule has 0 aliphatic rings. The molecule has 0 fully saturated rings. The number of hydrogen-bond donors (Lipinski definition) is 2. The Morgan fingerprint density at radius 2 is 1.88 bits per heavy atom. The van der Waals surface area contributed by atoms with Gasteiger partial charge >= 0.3 is 5.97 Å². The molecule has 0 amide bonds. The summed E-state index contributed by atoms with van der Waals surface area (Å²) in [4.78, 5) is 11.8. The first-order valence-electron chi connectivity index (χ1n) is 7.45. The number of carbonyl (C=O) groups is 1. The van der Waals surface area contributed by atoms with Crippen LogP contribution in [0.25, 0.3) is 0 Å². The van der Waals surface area contributed by atoms with Gasteiger partial charge in [-0.3, -0.25) is 0 Å². The number of ether oxygens (including phenoxy) is 1. The van der Waals surface area contributed by atoms with E-state index >= 15 is 0 Å². The molecule has 6 nitrogen and oxygen atoms in total. The number of allylic oxidation sites excluding steroid dienone is 1. The molecule has 0 radical (unpaired) electrons. The minimum Gasteiger partial charge on any atom is -0.504 e. The molecule has 0 heterocycles. The van der Waals surface area contributed by atoms with Gasteiger partial charge in [0.15, 0.2) is 21.3 Å². The Kier molecular flexibility index (Phi) is 5.82. The van der Waals surface area contributed by atoms with Crippen LogP contribution in [0.2, 0.25) is 0 Å². The molecule has 2 rings (SSSR count). The van der Waals surface area contributed by atoms with E-state index in [0.717, 1.165) is 11.8 Å². The van der Waals surface area contributed by atoms with Crippen molar-refractivity contribution in [2.75, 3.05) is 6.26 Å². The smallest absolute Gasteiger partial charge is 0.335 e. The zero-order valence-corrected chi connectivity index (χ0v) is 14.4. The van der Waals surface area contributed by atoms with Gasteiger partial charge in [-0.1, -0.05) is 18.2 Å². The summed E-state index contributed by atoms with van der Waals surface area (Å²) in [7, 11) is -3.37. The van der Waals surface area contributed by atoms with Gasteiger partial charge in [-0.15, -0.1) is 0 Å². The van der Waals surface area contributed by atoms with Crippen LogP contribution < -0.4 is 4.74 Å². The summed E-state index contributed by atoms with van der Waals surface area (Å²) in [5.74, 6) is -0.828. The fourth-order valence-electron chi connectivity index (χ4n) is 2.07. The minimum absolute atomic E-state index is 0.0777. The van der Waals surface area contributed by atoms with Gasteiger partial charge in [0.1, 0.15) is 5.75 Å². The highest BCUT2D eigenvalue weighted by molar-refractivity contribution is 7.90. The largest absolute Gasteiger partial charge is 0.504 e. The highest BCUT2D eigenvalue weighted by Gasteiger charge is 2.09. The average Bonchev–Trinajstić information content (AvgIpc) is 2.54. The maximum Gasteiger partial charge on any atom is 0.335 e. The number of sulfone groups is 1. The molecule has 25 heavy (non-hydrogen) atoms. The number of phenols is 2. The van der Waals surface area contributed by atoms with Crippen LogP contribution in [0, 0.1) is 0 Å². The van der Waals surface area contributed by atoms with Crippen LogP contribution in [-0.2, 0) is 21.1 Å². The van der Waals surface area contributed by atoms with Crippen molar-refractivity contribution >= 4 is 15.8 Å². The molecule has 0 unspecified atom stereocenters. The molecule has 0 aromatic heterocycles. The highest BCUT2D eigenvalue weighted by Crippen LogP contribution is 2.25. The van der Waals surface area contributed by atoms with Gasteiger partial charge < -0.3 is 14.9 Å². The van der Waals surface area contributed by atoms with E-state index in [0.29, 0.717) is 12.8 Å². The zero-order chi connectivity index (χ0) is 18.4. The van der Waals surface area contributed by atoms with Crippen LogP contribution in [-0.4, -0.2) is 30.9 Å². The third kappa shape index (κ3) is 5.65. The number of aromatic hydroxyl groups is 2. The molecule has 2 aromatic rings. The van der Waals surface area contributed by atoms with Gasteiger partial charge in [-0.2, -0.15) is 0 Å². The topological polar surface area (TPSA) is 101 Å². The number of rotatable bonds is 6. The fourth-order valence-corrected chi connectivity index (χ4v) is 2.73. The van der Waals surface area contributed by atoms with Gasteiger partial charge in [0.05, 0.1) is 4.90 Å². The summed E-state index contributed by atoms with van der Waals surface area (Å²) in [6, 6.07) is 10.3. The summed E-state index contributed by atoms with van der Waals surface area (Å²) in [6.45, 7) is 0. The first-order valence-corrected chi connectivity index (χ1v) is 9.34.